The van der Waals surface area contributed by atoms with Crippen molar-refractivity contribution >= 4 is 27.5 Å². The highest BCUT2D eigenvalue weighted by atomic mass is 32.1. The Morgan fingerprint density at radius 2 is 2.04 bits per heavy atom. The van der Waals surface area contributed by atoms with Crippen molar-refractivity contribution in [2.75, 3.05) is 7.11 Å². The number of carbonyl (C=O) groups is 1. The molecule has 0 spiro atoms. The molecule has 0 aliphatic heterocycles. The highest BCUT2D eigenvalue weighted by molar-refractivity contribution is 7.20. The first-order valence-electron chi connectivity index (χ1n) is 6.80. The smallest absolute Gasteiger partial charge is 0.367 e. The van der Waals surface area contributed by atoms with Gasteiger partial charge in [0.25, 0.3) is 0 Å². The summed E-state index contributed by atoms with van der Waals surface area (Å²) in [4.78, 5) is 16.4. The molecule has 0 N–H and O–H groups in total. The monoisotopic (exact) mass is 324 g/mol. The van der Waals surface area contributed by atoms with Gasteiger partial charge in [-0.25, -0.2) is 9.78 Å². The number of aromatic nitrogens is 1. The van der Waals surface area contributed by atoms with Crippen molar-refractivity contribution in [1.82, 2.24) is 4.98 Å². The molecular formula is C17H12N2O3S. The second-order valence-corrected chi connectivity index (χ2v) is 5.77. The predicted octanol–water partition coefficient (Wildman–Crippen LogP) is 3.53. The standard InChI is InChI=1S/C17H12N2O3S/c1-21-13-6-7-14-15(8-13)23-16(19-14)17(20)22-10-12-4-2-11(9-18)3-5-12/h2-8H,10H2,1H3. The molecule has 6 heteroatoms. The highest BCUT2D eigenvalue weighted by Crippen LogP contribution is 2.26. The van der Waals surface area contributed by atoms with E-state index >= 15 is 0 Å². The van der Waals surface area contributed by atoms with E-state index < -0.39 is 5.97 Å². The largest absolute Gasteiger partial charge is 0.497 e. The number of thiazole rings is 1. The summed E-state index contributed by atoms with van der Waals surface area (Å²) >= 11 is 1.27. The van der Waals surface area contributed by atoms with Gasteiger partial charge in [0, 0.05) is 0 Å². The number of rotatable bonds is 4. The molecule has 0 radical (unpaired) electrons. The van der Waals surface area contributed by atoms with Crippen molar-refractivity contribution < 1.29 is 14.3 Å². The summed E-state index contributed by atoms with van der Waals surface area (Å²) in [6.07, 6.45) is 0. The van der Waals surface area contributed by atoms with Crippen LogP contribution >= 0.6 is 11.3 Å². The summed E-state index contributed by atoms with van der Waals surface area (Å²) in [6, 6.07) is 14.4. The Hall–Kier alpha value is -2.91. The minimum atomic E-state index is -0.463. The predicted molar refractivity (Wildman–Crippen MR) is 86.4 cm³/mol. The topological polar surface area (TPSA) is 72.2 Å². The summed E-state index contributed by atoms with van der Waals surface area (Å²) in [5, 5.41) is 9.06. The van der Waals surface area contributed by atoms with Gasteiger partial charge in [-0.05, 0) is 35.9 Å². The van der Waals surface area contributed by atoms with Gasteiger partial charge in [0.2, 0.25) is 5.01 Å². The summed E-state index contributed by atoms with van der Waals surface area (Å²) in [5.74, 6) is 0.258. The van der Waals surface area contributed by atoms with Crippen molar-refractivity contribution in [2.45, 2.75) is 6.61 Å². The molecule has 0 aliphatic rings. The van der Waals surface area contributed by atoms with E-state index in [1.807, 2.05) is 18.2 Å². The fourth-order valence-corrected chi connectivity index (χ4v) is 2.89. The van der Waals surface area contributed by atoms with Gasteiger partial charge in [-0.3, -0.25) is 0 Å². The van der Waals surface area contributed by atoms with Crippen LogP contribution in [0.3, 0.4) is 0 Å². The average Bonchev–Trinajstić information content (AvgIpc) is 3.03. The quantitative estimate of drug-likeness (QED) is 0.686. The van der Waals surface area contributed by atoms with Crippen LogP contribution in [-0.2, 0) is 11.3 Å². The van der Waals surface area contributed by atoms with Crippen molar-refractivity contribution in [3.8, 4) is 11.8 Å². The molecule has 5 nitrogen and oxygen atoms in total. The SMILES string of the molecule is COc1ccc2nc(C(=O)OCc3ccc(C#N)cc3)sc2c1. The van der Waals surface area contributed by atoms with Crippen LogP contribution in [0.1, 0.15) is 20.9 Å². The molecule has 3 rings (SSSR count). The lowest BCUT2D eigenvalue weighted by molar-refractivity contribution is 0.0472. The van der Waals surface area contributed by atoms with Crippen molar-refractivity contribution in [1.29, 1.82) is 5.26 Å². The van der Waals surface area contributed by atoms with E-state index in [1.54, 1.807) is 37.4 Å². The molecule has 2 aromatic carbocycles. The van der Waals surface area contributed by atoms with Crippen molar-refractivity contribution in [3.63, 3.8) is 0 Å². The fraction of sp³-hybridized carbons (Fsp3) is 0.118. The van der Waals surface area contributed by atoms with E-state index in [0.29, 0.717) is 10.6 Å². The zero-order chi connectivity index (χ0) is 16.2. The number of hydrogen-bond acceptors (Lipinski definition) is 6. The zero-order valence-corrected chi connectivity index (χ0v) is 13.1. The number of benzene rings is 2. The van der Waals surface area contributed by atoms with Crippen LogP contribution in [0.5, 0.6) is 5.75 Å². The minimum absolute atomic E-state index is 0.143. The molecule has 0 saturated carbocycles. The molecule has 1 aromatic heterocycles. The van der Waals surface area contributed by atoms with Gasteiger partial charge in [-0.2, -0.15) is 5.26 Å². The zero-order valence-electron chi connectivity index (χ0n) is 12.3. The maximum absolute atomic E-state index is 12.1. The molecule has 114 valence electrons. The molecule has 0 bridgehead atoms. The van der Waals surface area contributed by atoms with Crippen LogP contribution in [0.2, 0.25) is 0 Å². The second kappa shape index (κ2) is 6.46. The normalized spacial score (nSPS) is 10.3. The first-order chi connectivity index (χ1) is 11.2. The Labute approximate surface area is 136 Å². The molecule has 0 atom stereocenters. The third-order valence-electron chi connectivity index (χ3n) is 3.22. The van der Waals surface area contributed by atoms with Gasteiger partial charge in [-0.1, -0.05) is 12.1 Å². The minimum Gasteiger partial charge on any atom is -0.497 e. The number of methoxy groups -OCH3 is 1. The molecule has 0 aliphatic carbocycles. The van der Waals surface area contributed by atoms with Gasteiger partial charge >= 0.3 is 5.97 Å². The highest BCUT2D eigenvalue weighted by Gasteiger charge is 2.14. The molecule has 1 heterocycles. The van der Waals surface area contributed by atoms with E-state index in [-0.39, 0.29) is 6.61 Å². The maximum Gasteiger partial charge on any atom is 0.367 e. The summed E-state index contributed by atoms with van der Waals surface area (Å²) in [6.45, 7) is 0.143. The lowest BCUT2D eigenvalue weighted by atomic mass is 10.2. The van der Waals surface area contributed by atoms with E-state index in [4.69, 9.17) is 14.7 Å². The Morgan fingerprint density at radius 3 is 2.74 bits per heavy atom. The molecule has 23 heavy (non-hydrogen) atoms. The van der Waals surface area contributed by atoms with Crippen LogP contribution in [0.4, 0.5) is 0 Å². The fourth-order valence-electron chi connectivity index (χ4n) is 2.01. The Kier molecular flexibility index (Phi) is 4.22. The van der Waals surface area contributed by atoms with Gasteiger partial charge in [0.1, 0.15) is 12.4 Å². The average molecular weight is 324 g/mol. The van der Waals surface area contributed by atoms with Crippen molar-refractivity contribution in [3.05, 3.63) is 58.6 Å². The maximum atomic E-state index is 12.1. The van der Waals surface area contributed by atoms with Gasteiger partial charge in [-0.15, -0.1) is 11.3 Å². The van der Waals surface area contributed by atoms with Crippen LogP contribution in [0.15, 0.2) is 42.5 Å². The first-order valence-corrected chi connectivity index (χ1v) is 7.62. The number of nitrogens with zero attached hydrogens (tertiary/aromatic N) is 2. The summed E-state index contributed by atoms with van der Waals surface area (Å²) < 4.78 is 11.3. The lowest BCUT2D eigenvalue weighted by Crippen LogP contribution is -2.04. The third kappa shape index (κ3) is 3.30. The Bertz CT molecular complexity index is 894. The van der Waals surface area contributed by atoms with E-state index in [0.717, 1.165) is 21.5 Å². The van der Waals surface area contributed by atoms with Crippen LogP contribution < -0.4 is 4.74 Å². The number of esters is 1. The number of fused-ring (bicyclic) bond motifs is 1. The first kappa shape index (κ1) is 15.0. The molecule has 0 fully saturated rings. The van der Waals surface area contributed by atoms with Gasteiger partial charge in [0.15, 0.2) is 0 Å². The van der Waals surface area contributed by atoms with Crippen LogP contribution in [-0.4, -0.2) is 18.1 Å². The Balaban J connectivity index is 1.71. The molecule has 0 saturated heterocycles. The van der Waals surface area contributed by atoms with Crippen molar-refractivity contribution in [2.24, 2.45) is 0 Å². The van der Waals surface area contributed by atoms with Gasteiger partial charge < -0.3 is 9.47 Å². The lowest BCUT2D eigenvalue weighted by Gasteiger charge is -2.02. The van der Waals surface area contributed by atoms with E-state index in [2.05, 4.69) is 4.98 Å². The van der Waals surface area contributed by atoms with E-state index in [9.17, 15) is 4.79 Å². The molecule has 3 aromatic rings. The third-order valence-corrected chi connectivity index (χ3v) is 4.22. The molecular weight excluding hydrogens is 312 g/mol. The molecule has 0 unspecified atom stereocenters. The van der Waals surface area contributed by atoms with Crippen LogP contribution in [0.25, 0.3) is 10.2 Å². The summed E-state index contributed by atoms with van der Waals surface area (Å²) in [5.41, 5.74) is 2.13. The van der Waals surface area contributed by atoms with E-state index in [1.165, 1.54) is 11.3 Å². The number of hydrogen-bond donors (Lipinski definition) is 0. The second-order valence-electron chi connectivity index (χ2n) is 4.74. The Morgan fingerprint density at radius 1 is 1.26 bits per heavy atom. The number of nitriles is 1. The number of carbonyl (C=O) groups excluding carboxylic acids is 1. The number of ether oxygens (including phenoxy) is 2. The molecule has 0 amide bonds. The van der Waals surface area contributed by atoms with Gasteiger partial charge in [0.05, 0.1) is 29.0 Å². The van der Waals surface area contributed by atoms with Crippen LogP contribution in [0, 0.1) is 11.3 Å². The summed E-state index contributed by atoms with van der Waals surface area (Å²) in [7, 11) is 1.59.